The molecule has 1 N–H and O–H groups in total. The van der Waals surface area contributed by atoms with E-state index in [1.165, 1.54) is 0 Å². The number of ether oxygens (including phenoxy) is 1. The van der Waals surface area contributed by atoms with Crippen LogP contribution < -0.4 is 10.1 Å². The van der Waals surface area contributed by atoms with Crippen LogP contribution in [0.5, 0.6) is 5.88 Å². The average Bonchev–Trinajstić information content (AvgIpc) is 2.25. The number of nitrogens with zero attached hydrogens (tertiary/aromatic N) is 3. The van der Waals surface area contributed by atoms with Crippen LogP contribution in [0.3, 0.4) is 0 Å². The zero-order valence-corrected chi connectivity index (χ0v) is 10.2. The van der Waals surface area contributed by atoms with E-state index in [-0.39, 0.29) is 17.4 Å². The van der Waals surface area contributed by atoms with E-state index < -0.39 is 4.92 Å². The van der Waals surface area contributed by atoms with E-state index in [0.717, 1.165) is 6.42 Å². The molecule has 0 aromatic carbocycles. The van der Waals surface area contributed by atoms with Crippen molar-refractivity contribution >= 4 is 11.5 Å². The molecule has 1 rings (SSSR count). The summed E-state index contributed by atoms with van der Waals surface area (Å²) in [4.78, 5) is 18.4. The van der Waals surface area contributed by atoms with Crippen molar-refractivity contribution in [2.45, 2.75) is 27.2 Å². The summed E-state index contributed by atoms with van der Waals surface area (Å²) in [7, 11) is 0. The Morgan fingerprint density at radius 3 is 2.65 bits per heavy atom. The molecule has 0 saturated heterocycles. The molecule has 0 spiro atoms. The fourth-order valence-corrected chi connectivity index (χ4v) is 1.30. The van der Waals surface area contributed by atoms with Gasteiger partial charge in [0.25, 0.3) is 5.88 Å². The fourth-order valence-electron chi connectivity index (χ4n) is 1.30. The van der Waals surface area contributed by atoms with Gasteiger partial charge in [0, 0.05) is 6.54 Å². The monoisotopic (exact) mass is 240 g/mol. The van der Waals surface area contributed by atoms with Crippen molar-refractivity contribution in [1.82, 2.24) is 9.97 Å². The van der Waals surface area contributed by atoms with Crippen LogP contribution in [-0.2, 0) is 0 Å². The predicted molar refractivity (Wildman–Crippen MR) is 63.4 cm³/mol. The zero-order chi connectivity index (χ0) is 12.8. The van der Waals surface area contributed by atoms with E-state index in [9.17, 15) is 10.1 Å². The molecule has 17 heavy (non-hydrogen) atoms. The van der Waals surface area contributed by atoms with Gasteiger partial charge < -0.3 is 10.1 Å². The van der Waals surface area contributed by atoms with Crippen LogP contribution in [0.4, 0.5) is 11.5 Å². The van der Waals surface area contributed by atoms with Crippen LogP contribution in [0.1, 0.15) is 26.1 Å². The number of rotatable bonds is 6. The summed E-state index contributed by atoms with van der Waals surface area (Å²) in [6.45, 7) is 6.37. The molecule has 0 fully saturated rings. The molecule has 1 heterocycles. The lowest BCUT2D eigenvalue weighted by Crippen LogP contribution is -2.09. The lowest BCUT2D eigenvalue weighted by atomic mass is 10.4. The second kappa shape index (κ2) is 5.97. The zero-order valence-electron chi connectivity index (χ0n) is 10.2. The predicted octanol–water partition coefficient (Wildman–Crippen LogP) is 1.91. The highest BCUT2D eigenvalue weighted by atomic mass is 16.6. The summed E-state index contributed by atoms with van der Waals surface area (Å²) < 4.78 is 5.28. The number of hydrogen-bond donors (Lipinski definition) is 1. The third-order valence-corrected chi connectivity index (χ3v) is 1.93. The van der Waals surface area contributed by atoms with Crippen molar-refractivity contribution < 1.29 is 9.66 Å². The largest absolute Gasteiger partial charge is 0.473 e. The molecule has 0 radical (unpaired) electrons. The molecule has 0 saturated carbocycles. The van der Waals surface area contributed by atoms with Crippen LogP contribution in [0, 0.1) is 17.0 Å². The molecule has 7 nitrogen and oxygen atoms in total. The Morgan fingerprint density at radius 1 is 1.41 bits per heavy atom. The van der Waals surface area contributed by atoms with E-state index in [0.29, 0.717) is 19.0 Å². The number of aromatic nitrogens is 2. The number of nitrogens with one attached hydrogen (secondary N) is 1. The van der Waals surface area contributed by atoms with E-state index in [4.69, 9.17) is 4.74 Å². The smallest absolute Gasteiger partial charge is 0.372 e. The summed E-state index contributed by atoms with van der Waals surface area (Å²) in [5.41, 5.74) is -0.203. The SMILES string of the molecule is CCCOc1nc(C)nc(NCC)c1[N+](=O)[O-]. The van der Waals surface area contributed by atoms with Crippen molar-refractivity contribution in [1.29, 1.82) is 0 Å². The van der Waals surface area contributed by atoms with Gasteiger partial charge in [-0.2, -0.15) is 4.98 Å². The Hall–Kier alpha value is -1.92. The Kier molecular flexibility index (Phi) is 4.62. The standard InChI is InChI=1S/C10H16N4O3/c1-4-6-17-10-8(14(15)16)9(11-5-2)12-7(3)13-10/h4-6H2,1-3H3,(H,11,12,13). The van der Waals surface area contributed by atoms with Gasteiger partial charge in [-0.05, 0) is 20.3 Å². The molecule has 0 unspecified atom stereocenters. The Labute approximate surface area is 99.4 Å². The lowest BCUT2D eigenvalue weighted by Gasteiger charge is -2.09. The first-order chi connectivity index (χ1) is 8.10. The minimum atomic E-state index is -0.525. The van der Waals surface area contributed by atoms with Crippen molar-refractivity contribution in [2.24, 2.45) is 0 Å². The van der Waals surface area contributed by atoms with Gasteiger partial charge in [-0.3, -0.25) is 10.1 Å². The molecular weight excluding hydrogens is 224 g/mol. The van der Waals surface area contributed by atoms with Gasteiger partial charge >= 0.3 is 5.69 Å². The number of nitro groups is 1. The van der Waals surface area contributed by atoms with Crippen molar-refractivity contribution in [3.63, 3.8) is 0 Å². The minimum absolute atomic E-state index is 0.0281. The van der Waals surface area contributed by atoms with Crippen LogP contribution in [0.15, 0.2) is 0 Å². The van der Waals surface area contributed by atoms with Gasteiger partial charge in [-0.1, -0.05) is 6.92 Å². The third-order valence-electron chi connectivity index (χ3n) is 1.93. The van der Waals surface area contributed by atoms with Crippen molar-refractivity contribution in [2.75, 3.05) is 18.5 Å². The van der Waals surface area contributed by atoms with Crippen molar-refractivity contribution in [3.05, 3.63) is 15.9 Å². The van der Waals surface area contributed by atoms with E-state index in [2.05, 4.69) is 15.3 Å². The quantitative estimate of drug-likeness (QED) is 0.603. The van der Waals surface area contributed by atoms with Gasteiger partial charge in [0.15, 0.2) is 0 Å². The summed E-state index contributed by atoms with van der Waals surface area (Å²) in [5, 5.41) is 13.8. The van der Waals surface area contributed by atoms with Gasteiger partial charge in [0.2, 0.25) is 5.82 Å². The molecule has 0 atom stereocenters. The lowest BCUT2D eigenvalue weighted by molar-refractivity contribution is -0.385. The van der Waals surface area contributed by atoms with Crippen LogP contribution in [0.25, 0.3) is 0 Å². The third kappa shape index (κ3) is 3.27. The maximum atomic E-state index is 11.0. The maximum absolute atomic E-state index is 11.0. The first-order valence-corrected chi connectivity index (χ1v) is 5.49. The molecule has 1 aromatic rings. The topological polar surface area (TPSA) is 90.2 Å². The normalized spacial score (nSPS) is 10.1. The van der Waals surface area contributed by atoms with E-state index in [1.54, 1.807) is 6.92 Å². The Bertz CT molecular complexity index is 409. The summed E-state index contributed by atoms with van der Waals surface area (Å²) in [5.74, 6) is 0.675. The molecule has 0 aliphatic rings. The van der Waals surface area contributed by atoms with Crippen molar-refractivity contribution in [3.8, 4) is 5.88 Å². The number of hydrogen-bond acceptors (Lipinski definition) is 6. The maximum Gasteiger partial charge on any atom is 0.372 e. The molecule has 1 aromatic heterocycles. The van der Waals surface area contributed by atoms with Gasteiger partial charge in [-0.25, -0.2) is 4.98 Å². The first kappa shape index (κ1) is 13.1. The Balaban J connectivity index is 3.19. The minimum Gasteiger partial charge on any atom is -0.473 e. The van der Waals surface area contributed by atoms with Gasteiger partial charge in [0.05, 0.1) is 11.5 Å². The second-order valence-electron chi connectivity index (χ2n) is 3.41. The Morgan fingerprint density at radius 2 is 2.12 bits per heavy atom. The van der Waals surface area contributed by atoms with Gasteiger partial charge in [0.1, 0.15) is 5.82 Å². The van der Waals surface area contributed by atoms with E-state index >= 15 is 0 Å². The summed E-state index contributed by atoms with van der Waals surface area (Å²) >= 11 is 0. The summed E-state index contributed by atoms with van der Waals surface area (Å²) in [6, 6.07) is 0. The van der Waals surface area contributed by atoms with Crippen LogP contribution in [-0.4, -0.2) is 28.0 Å². The average molecular weight is 240 g/mol. The van der Waals surface area contributed by atoms with Gasteiger partial charge in [-0.15, -0.1) is 0 Å². The van der Waals surface area contributed by atoms with E-state index in [1.807, 2.05) is 13.8 Å². The molecule has 94 valence electrons. The molecule has 0 amide bonds. The molecule has 7 heteroatoms. The first-order valence-electron chi connectivity index (χ1n) is 5.49. The fraction of sp³-hybridized carbons (Fsp3) is 0.600. The molecular formula is C10H16N4O3. The van der Waals surface area contributed by atoms with Crippen LogP contribution in [0.2, 0.25) is 0 Å². The highest BCUT2D eigenvalue weighted by Crippen LogP contribution is 2.31. The number of aryl methyl sites for hydroxylation is 1. The molecule has 0 bridgehead atoms. The highest BCUT2D eigenvalue weighted by Gasteiger charge is 2.25. The number of anilines is 1. The summed E-state index contributed by atoms with van der Waals surface area (Å²) in [6.07, 6.45) is 0.761. The second-order valence-corrected chi connectivity index (χ2v) is 3.41. The van der Waals surface area contributed by atoms with Crippen LogP contribution >= 0.6 is 0 Å². The molecule has 0 aliphatic heterocycles. The molecule has 0 aliphatic carbocycles. The highest BCUT2D eigenvalue weighted by molar-refractivity contribution is 5.61.